The fourth-order valence-corrected chi connectivity index (χ4v) is 3.77. The Morgan fingerprint density at radius 3 is 2.62 bits per heavy atom. The maximum atomic E-state index is 12.3. The number of rotatable bonds is 4. The number of nitrogens with zero attached hydrogens (tertiary/aromatic N) is 2. The molecule has 2 N–H and O–H groups in total. The first-order chi connectivity index (χ1) is 12.5. The van der Waals surface area contributed by atoms with Crippen molar-refractivity contribution in [2.75, 3.05) is 0 Å². The average molecular weight is 477 g/mol. The molecule has 0 aliphatic rings. The Kier molecular flexibility index (Phi) is 5.58. The number of phenolic OH excluding ortho intramolecular Hbond substituents is 1. The molecule has 0 bridgehead atoms. The fraction of sp³-hybridized carbons (Fsp3) is 0.0526. The molecule has 0 unspecified atom stereocenters. The zero-order valence-corrected chi connectivity index (χ0v) is 17.0. The largest absolute Gasteiger partial charge is 0.506 e. The summed E-state index contributed by atoms with van der Waals surface area (Å²) in [5, 5.41) is 14.1. The van der Waals surface area contributed by atoms with Gasteiger partial charge in [-0.1, -0.05) is 34.1 Å². The van der Waals surface area contributed by atoms with Crippen molar-refractivity contribution >= 4 is 44.0 Å². The number of para-hydroxylation sites is 1. The Morgan fingerprint density at radius 2 is 1.88 bits per heavy atom. The number of carbonyl (C=O) groups excluding carboxylic acids is 1. The summed E-state index contributed by atoms with van der Waals surface area (Å²) in [6.45, 7) is 2.00. The van der Waals surface area contributed by atoms with E-state index in [1.807, 2.05) is 54.0 Å². The number of carbonyl (C=O) groups is 1. The summed E-state index contributed by atoms with van der Waals surface area (Å²) in [6.07, 6.45) is 1.57. The monoisotopic (exact) mass is 475 g/mol. The van der Waals surface area contributed by atoms with Gasteiger partial charge in [0.2, 0.25) is 0 Å². The summed E-state index contributed by atoms with van der Waals surface area (Å²) >= 11 is 6.50. The quantitative estimate of drug-likeness (QED) is 0.420. The van der Waals surface area contributed by atoms with Crippen molar-refractivity contribution in [2.45, 2.75) is 6.92 Å². The zero-order valence-electron chi connectivity index (χ0n) is 13.8. The molecule has 3 rings (SSSR count). The smallest absolute Gasteiger partial charge is 0.275 e. The first-order valence-electron chi connectivity index (χ1n) is 7.72. The van der Waals surface area contributed by atoms with E-state index in [4.69, 9.17) is 0 Å². The second kappa shape index (κ2) is 7.88. The van der Waals surface area contributed by atoms with Crippen LogP contribution in [0.5, 0.6) is 5.75 Å². The van der Waals surface area contributed by atoms with Gasteiger partial charge in [-0.05, 0) is 59.3 Å². The highest BCUT2D eigenvalue weighted by Gasteiger charge is 2.14. The lowest BCUT2D eigenvalue weighted by atomic mass is 10.2. The third kappa shape index (κ3) is 3.89. The third-order valence-electron chi connectivity index (χ3n) is 3.76. The van der Waals surface area contributed by atoms with Crippen LogP contribution in [0.1, 0.15) is 21.7 Å². The van der Waals surface area contributed by atoms with Gasteiger partial charge in [0.25, 0.3) is 5.91 Å². The van der Waals surface area contributed by atoms with Gasteiger partial charge >= 0.3 is 0 Å². The first-order valence-corrected chi connectivity index (χ1v) is 9.31. The molecule has 7 heteroatoms. The molecule has 0 spiro atoms. The van der Waals surface area contributed by atoms with Crippen LogP contribution < -0.4 is 5.43 Å². The minimum atomic E-state index is -0.504. The van der Waals surface area contributed by atoms with Crippen LogP contribution in [0.2, 0.25) is 0 Å². The predicted octanol–water partition coefficient (Wildman–Crippen LogP) is 4.78. The van der Waals surface area contributed by atoms with Crippen molar-refractivity contribution in [3.63, 3.8) is 0 Å². The van der Waals surface area contributed by atoms with E-state index in [1.165, 1.54) is 6.07 Å². The molecule has 0 fully saturated rings. The number of benzene rings is 2. The summed E-state index contributed by atoms with van der Waals surface area (Å²) in [5.41, 5.74) is 5.46. The van der Waals surface area contributed by atoms with Gasteiger partial charge in [0.1, 0.15) is 5.75 Å². The number of hydrazone groups is 1. The summed E-state index contributed by atoms with van der Waals surface area (Å²) in [5.74, 6) is -0.639. The molecule has 0 atom stereocenters. The maximum absolute atomic E-state index is 12.3. The minimum Gasteiger partial charge on any atom is -0.506 e. The van der Waals surface area contributed by atoms with Crippen LogP contribution in [0.25, 0.3) is 5.69 Å². The van der Waals surface area contributed by atoms with Crippen molar-refractivity contribution in [1.29, 1.82) is 0 Å². The second-order valence-corrected chi connectivity index (χ2v) is 7.32. The Balaban J connectivity index is 1.81. The predicted molar refractivity (Wildman–Crippen MR) is 109 cm³/mol. The van der Waals surface area contributed by atoms with E-state index in [1.54, 1.807) is 12.3 Å². The molecule has 1 aromatic heterocycles. The SMILES string of the molecule is Cc1ccc(/C=N/NC(=O)c2cc(Br)cc(Br)c2O)n1-c1ccccc1. The summed E-state index contributed by atoms with van der Waals surface area (Å²) in [7, 11) is 0. The molecular formula is C19H15Br2N3O2. The van der Waals surface area contributed by atoms with E-state index in [2.05, 4.69) is 42.4 Å². The number of amides is 1. The molecule has 26 heavy (non-hydrogen) atoms. The van der Waals surface area contributed by atoms with Crippen molar-refractivity contribution in [1.82, 2.24) is 9.99 Å². The van der Waals surface area contributed by atoms with Gasteiger partial charge in [-0.25, -0.2) is 5.43 Å². The van der Waals surface area contributed by atoms with Crippen LogP contribution in [0.4, 0.5) is 0 Å². The zero-order chi connectivity index (χ0) is 18.7. The number of phenols is 1. The van der Waals surface area contributed by atoms with Gasteiger partial charge in [0, 0.05) is 15.9 Å². The normalized spacial score (nSPS) is 11.0. The highest BCUT2D eigenvalue weighted by Crippen LogP contribution is 2.31. The van der Waals surface area contributed by atoms with Gasteiger partial charge in [-0.15, -0.1) is 0 Å². The summed E-state index contributed by atoms with van der Waals surface area (Å²) < 4.78 is 3.13. The topological polar surface area (TPSA) is 66.6 Å². The fourth-order valence-electron chi connectivity index (χ4n) is 2.55. The van der Waals surface area contributed by atoms with Crippen LogP contribution in [-0.2, 0) is 0 Å². The Bertz CT molecular complexity index is 982. The van der Waals surface area contributed by atoms with Gasteiger partial charge in [0.05, 0.1) is 21.9 Å². The number of hydrogen-bond donors (Lipinski definition) is 2. The maximum Gasteiger partial charge on any atom is 0.275 e. The molecule has 132 valence electrons. The van der Waals surface area contributed by atoms with Gasteiger partial charge in [-0.2, -0.15) is 5.10 Å². The molecule has 0 radical (unpaired) electrons. The van der Waals surface area contributed by atoms with E-state index in [0.29, 0.717) is 8.95 Å². The number of aryl methyl sites for hydroxylation is 1. The second-order valence-electron chi connectivity index (χ2n) is 5.55. The lowest BCUT2D eigenvalue weighted by molar-refractivity contribution is 0.0952. The first kappa shape index (κ1) is 18.4. The van der Waals surface area contributed by atoms with E-state index < -0.39 is 5.91 Å². The molecule has 5 nitrogen and oxygen atoms in total. The van der Waals surface area contributed by atoms with Crippen LogP contribution >= 0.6 is 31.9 Å². The number of aromatic hydroxyl groups is 1. The molecule has 0 saturated carbocycles. The van der Waals surface area contributed by atoms with E-state index in [9.17, 15) is 9.90 Å². The van der Waals surface area contributed by atoms with E-state index in [-0.39, 0.29) is 11.3 Å². The van der Waals surface area contributed by atoms with Crippen molar-refractivity contribution < 1.29 is 9.90 Å². The molecule has 0 aliphatic carbocycles. The van der Waals surface area contributed by atoms with Crippen LogP contribution in [-0.4, -0.2) is 21.8 Å². The van der Waals surface area contributed by atoms with Crippen LogP contribution in [0.3, 0.4) is 0 Å². The molecule has 0 aliphatic heterocycles. The summed E-state index contributed by atoms with van der Waals surface area (Å²) in [6, 6.07) is 17.0. The average Bonchev–Trinajstić information content (AvgIpc) is 2.99. The Morgan fingerprint density at radius 1 is 1.15 bits per heavy atom. The molecule has 1 amide bonds. The van der Waals surface area contributed by atoms with Crippen LogP contribution in [0.15, 0.2) is 68.6 Å². The number of nitrogens with one attached hydrogen (secondary N) is 1. The number of hydrogen-bond acceptors (Lipinski definition) is 3. The minimum absolute atomic E-state index is 0.123. The molecule has 1 heterocycles. The van der Waals surface area contributed by atoms with Gasteiger partial charge < -0.3 is 9.67 Å². The van der Waals surface area contributed by atoms with Crippen molar-refractivity contribution in [2.24, 2.45) is 5.10 Å². The summed E-state index contributed by atoms with van der Waals surface area (Å²) in [4.78, 5) is 12.3. The standard InChI is InChI=1S/C19H15Br2N3O2/c1-12-7-8-15(24(12)14-5-3-2-4-6-14)11-22-23-19(26)16-9-13(20)10-17(21)18(16)25/h2-11,25H,1H3,(H,23,26)/b22-11+. The van der Waals surface area contributed by atoms with E-state index >= 15 is 0 Å². The molecule has 3 aromatic rings. The Labute approximate surface area is 167 Å². The van der Waals surface area contributed by atoms with Crippen LogP contribution in [0, 0.1) is 6.92 Å². The highest BCUT2D eigenvalue weighted by atomic mass is 79.9. The Hall–Kier alpha value is -2.38. The van der Waals surface area contributed by atoms with Gasteiger partial charge in [-0.3, -0.25) is 4.79 Å². The molecule has 0 saturated heterocycles. The molecule has 2 aromatic carbocycles. The lowest BCUT2D eigenvalue weighted by Crippen LogP contribution is -2.18. The van der Waals surface area contributed by atoms with Crippen molar-refractivity contribution in [3.8, 4) is 11.4 Å². The van der Waals surface area contributed by atoms with Gasteiger partial charge in [0.15, 0.2) is 0 Å². The highest BCUT2D eigenvalue weighted by molar-refractivity contribution is 9.11. The van der Waals surface area contributed by atoms with Crippen molar-refractivity contribution in [3.05, 3.63) is 80.5 Å². The number of aromatic nitrogens is 1. The third-order valence-corrected chi connectivity index (χ3v) is 4.82. The molecular weight excluding hydrogens is 462 g/mol. The number of halogens is 2. The lowest BCUT2D eigenvalue weighted by Gasteiger charge is -2.09. The van der Waals surface area contributed by atoms with E-state index in [0.717, 1.165) is 17.1 Å².